The van der Waals surface area contributed by atoms with Gasteiger partial charge < -0.3 is 0 Å². The van der Waals surface area contributed by atoms with Crippen LogP contribution in [0.25, 0.3) is 21.7 Å². The summed E-state index contributed by atoms with van der Waals surface area (Å²) in [7, 11) is -1.45. The molecular formula is C20H27NS2. The third kappa shape index (κ3) is 3.22. The van der Waals surface area contributed by atoms with Crippen molar-refractivity contribution in [2.45, 2.75) is 4.58 Å². The van der Waals surface area contributed by atoms with E-state index < -0.39 is 20.1 Å². The molecule has 0 N–H and O–H groups in total. The average molecular weight is 346 g/mol. The lowest BCUT2D eigenvalue weighted by Crippen LogP contribution is -2.15. The molecule has 23 heavy (non-hydrogen) atoms. The van der Waals surface area contributed by atoms with Gasteiger partial charge in [0.2, 0.25) is 0 Å². The minimum atomic E-state index is -0.723. The maximum Gasteiger partial charge on any atom is 0.0784 e. The Labute approximate surface area is 143 Å². The third-order valence-electron chi connectivity index (χ3n) is 4.13. The normalized spacial score (nSPS) is 14.6. The van der Waals surface area contributed by atoms with E-state index >= 15 is 0 Å². The number of aromatic nitrogens is 1. The average Bonchev–Trinajstić information content (AvgIpc) is 2.44. The van der Waals surface area contributed by atoms with Crippen molar-refractivity contribution in [1.29, 1.82) is 0 Å². The van der Waals surface area contributed by atoms with Crippen molar-refractivity contribution >= 4 is 41.7 Å². The molecule has 1 nitrogen and oxygen atoms in total. The van der Waals surface area contributed by atoms with Gasteiger partial charge in [0.05, 0.1) is 15.8 Å². The smallest absolute Gasteiger partial charge is 0.0784 e. The highest BCUT2D eigenvalue weighted by molar-refractivity contribution is 8.47. The predicted octanol–water partition coefficient (Wildman–Crippen LogP) is 5.77. The van der Waals surface area contributed by atoms with Gasteiger partial charge in [-0.1, -0.05) is 42.5 Å². The summed E-state index contributed by atoms with van der Waals surface area (Å²) in [5, 5.41) is 3.77. The lowest BCUT2D eigenvalue weighted by atomic mass is 10.1. The molecule has 0 aliphatic rings. The topological polar surface area (TPSA) is 12.9 Å². The Morgan fingerprint density at radius 2 is 1.26 bits per heavy atom. The fraction of sp³-hybridized carbons (Fsp3) is 0.350. The summed E-state index contributed by atoms with van der Waals surface area (Å²) in [6.45, 7) is 0. The monoisotopic (exact) mass is 345 g/mol. The van der Waals surface area contributed by atoms with Crippen LogP contribution >= 0.6 is 20.1 Å². The fourth-order valence-electron chi connectivity index (χ4n) is 3.59. The van der Waals surface area contributed by atoms with Crippen LogP contribution in [0, 0.1) is 0 Å². The SMILES string of the molecule is CS(C)(C)C(c1ccc2ccc3ccccc3c2n1)S(C)(C)C. The second kappa shape index (κ2) is 5.71. The Balaban J connectivity index is 2.28. The molecule has 0 unspecified atom stereocenters. The van der Waals surface area contributed by atoms with Gasteiger partial charge in [-0.3, -0.25) is 4.98 Å². The summed E-state index contributed by atoms with van der Waals surface area (Å²) in [5.74, 6) is 0. The zero-order valence-electron chi connectivity index (χ0n) is 15.0. The standard InChI is InChI=1S/C20H27NS2/c1-22(2,3)20(23(4,5)6)18-14-13-16-12-11-15-9-7-8-10-17(15)19(16)21-18/h7-14,20H,1-6H3. The molecule has 0 spiro atoms. The van der Waals surface area contributed by atoms with E-state index in [2.05, 4.69) is 86.1 Å². The van der Waals surface area contributed by atoms with E-state index in [4.69, 9.17) is 4.98 Å². The molecule has 0 saturated heterocycles. The molecule has 0 fully saturated rings. The fourth-order valence-corrected chi connectivity index (χ4v) is 12.2. The molecule has 124 valence electrons. The first-order chi connectivity index (χ1) is 10.7. The molecule has 0 amide bonds. The zero-order valence-corrected chi connectivity index (χ0v) is 16.6. The molecule has 0 bridgehead atoms. The van der Waals surface area contributed by atoms with Crippen molar-refractivity contribution in [3.63, 3.8) is 0 Å². The predicted molar refractivity (Wildman–Crippen MR) is 113 cm³/mol. The van der Waals surface area contributed by atoms with E-state index in [0.717, 1.165) is 5.52 Å². The van der Waals surface area contributed by atoms with Crippen molar-refractivity contribution < 1.29 is 0 Å². The summed E-state index contributed by atoms with van der Waals surface area (Å²) >= 11 is 0. The van der Waals surface area contributed by atoms with Gasteiger partial charge in [-0.15, -0.1) is 0 Å². The first-order valence-electron chi connectivity index (χ1n) is 7.81. The summed E-state index contributed by atoms with van der Waals surface area (Å²) in [6.07, 6.45) is 14.5. The van der Waals surface area contributed by atoms with Crippen molar-refractivity contribution in [2.24, 2.45) is 0 Å². The lowest BCUT2D eigenvalue weighted by Gasteiger charge is -2.47. The Morgan fingerprint density at radius 3 is 1.91 bits per heavy atom. The van der Waals surface area contributed by atoms with Crippen molar-refractivity contribution in [2.75, 3.05) is 37.5 Å². The van der Waals surface area contributed by atoms with Crippen molar-refractivity contribution in [1.82, 2.24) is 4.98 Å². The van der Waals surface area contributed by atoms with Crippen LogP contribution in [0.5, 0.6) is 0 Å². The van der Waals surface area contributed by atoms with Crippen LogP contribution in [0.2, 0.25) is 0 Å². The van der Waals surface area contributed by atoms with E-state index in [0.29, 0.717) is 4.58 Å². The summed E-state index contributed by atoms with van der Waals surface area (Å²) in [4.78, 5) is 5.18. The molecule has 0 radical (unpaired) electrons. The van der Waals surface area contributed by atoms with Crippen LogP contribution < -0.4 is 0 Å². The molecule has 2 aromatic carbocycles. The van der Waals surface area contributed by atoms with Crippen molar-refractivity contribution in [3.8, 4) is 0 Å². The number of fused-ring (bicyclic) bond motifs is 3. The van der Waals surface area contributed by atoms with Gasteiger partial charge in [-0.25, -0.2) is 20.1 Å². The van der Waals surface area contributed by atoms with Crippen LogP contribution in [0.15, 0.2) is 48.5 Å². The molecule has 0 aliphatic carbocycles. The highest BCUT2D eigenvalue weighted by atomic mass is 32.3. The maximum atomic E-state index is 5.18. The molecule has 1 heterocycles. The second-order valence-corrected chi connectivity index (χ2v) is 16.8. The van der Waals surface area contributed by atoms with Crippen LogP contribution in [0.4, 0.5) is 0 Å². The minimum Gasteiger partial charge on any atom is -0.250 e. The second-order valence-electron chi connectivity index (χ2n) is 7.79. The van der Waals surface area contributed by atoms with E-state index in [9.17, 15) is 0 Å². The Morgan fingerprint density at radius 1 is 0.696 bits per heavy atom. The molecule has 1 aromatic heterocycles. The highest BCUT2D eigenvalue weighted by Crippen LogP contribution is 2.68. The van der Waals surface area contributed by atoms with Crippen LogP contribution in [0.1, 0.15) is 10.3 Å². The largest absolute Gasteiger partial charge is 0.250 e. The van der Waals surface area contributed by atoms with Crippen molar-refractivity contribution in [3.05, 3.63) is 54.2 Å². The summed E-state index contributed by atoms with van der Waals surface area (Å²) < 4.78 is 0.568. The number of nitrogens with zero attached hydrogens (tertiary/aromatic N) is 1. The van der Waals surface area contributed by atoms with Gasteiger partial charge in [0, 0.05) is 10.8 Å². The van der Waals surface area contributed by atoms with Crippen LogP contribution in [-0.2, 0) is 0 Å². The molecule has 0 atom stereocenters. The molecule has 0 saturated carbocycles. The quantitative estimate of drug-likeness (QED) is 0.549. The number of hydrogen-bond acceptors (Lipinski definition) is 1. The van der Waals surface area contributed by atoms with Gasteiger partial charge >= 0.3 is 0 Å². The summed E-state index contributed by atoms with van der Waals surface area (Å²) in [5.41, 5.74) is 2.43. The lowest BCUT2D eigenvalue weighted by molar-refractivity contribution is 1.19. The molecule has 3 heteroatoms. The Kier molecular flexibility index (Phi) is 4.14. The van der Waals surface area contributed by atoms with E-state index in [1.54, 1.807) is 0 Å². The van der Waals surface area contributed by atoms with Gasteiger partial charge in [0.1, 0.15) is 0 Å². The molecule has 3 rings (SSSR count). The Bertz CT molecular complexity index is 843. The van der Waals surface area contributed by atoms with Crippen LogP contribution in [-0.4, -0.2) is 42.5 Å². The first kappa shape index (κ1) is 16.7. The maximum absolute atomic E-state index is 5.18. The first-order valence-corrected chi connectivity index (χ1v) is 13.6. The third-order valence-corrected chi connectivity index (χ3v) is 10.6. The number of benzene rings is 2. The Hall–Kier alpha value is -1.19. The van der Waals surface area contributed by atoms with Gasteiger partial charge in [0.25, 0.3) is 0 Å². The number of hydrogen-bond donors (Lipinski definition) is 0. The van der Waals surface area contributed by atoms with Gasteiger partial charge in [-0.2, -0.15) is 0 Å². The molecule has 0 aliphatic heterocycles. The number of rotatable bonds is 3. The minimum absolute atomic E-state index is 0.568. The van der Waals surface area contributed by atoms with E-state index in [-0.39, 0.29) is 0 Å². The van der Waals surface area contributed by atoms with E-state index in [1.165, 1.54) is 21.9 Å². The van der Waals surface area contributed by atoms with E-state index in [1.807, 2.05) is 0 Å². The van der Waals surface area contributed by atoms with Crippen LogP contribution in [0.3, 0.4) is 0 Å². The molecular weight excluding hydrogens is 318 g/mol. The number of pyridine rings is 1. The van der Waals surface area contributed by atoms with Gasteiger partial charge in [-0.05, 0) is 49.0 Å². The highest BCUT2D eigenvalue weighted by Gasteiger charge is 2.31. The molecule has 3 aromatic rings. The summed E-state index contributed by atoms with van der Waals surface area (Å²) in [6, 6.07) is 17.5. The zero-order chi connectivity index (χ0) is 16.8. The van der Waals surface area contributed by atoms with Gasteiger partial charge in [0.15, 0.2) is 0 Å².